The predicted octanol–water partition coefficient (Wildman–Crippen LogP) is 5.21. The number of nitrogens with one attached hydrogen (secondary N) is 3. The molecule has 4 saturated heterocycles. The number of piperidine rings is 3. The minimum absolute atomic E-state index is 0.139. The molecular weight excluding hydrogens is 924 g/mol. The molecule has 1 atom stereocenters. The van der Waals surface area contributed by atoms with E-state index in [0.29, 0.717) is 48.2 Å². The molecule has 2 aromatic heterocycles. The number of carbonyl (C=O) groups is 5. The third-order valence-corrected chi connectivity index (χ3v) is 15.3. The fourth-order valence-electron chi connectivity index (χ4n) is 10.2. The summed E-state index contributed by atoms with van der Waals surface area (Å²) in [6.45, 7) is 9.08. The Balaban J connectivity index is 0.650. The predicted molar refractivity (Wildman–Crippen MR) is 268 cm³/mol. The zero-order valence-corrected chi connectivity index (χ0v) is 40.4. The molecule has 0 saturated carbocycles. The molecule has 10 rings (SSSR count). The number of amides is 5. The number of piperazine rings is 1. The zero-order chi connectivity index (χ0) is 49.2. The first-order chi connectivity index (χ1) is 34.3. The highest BCUT2D eigenvalue weighted by Crippen LogP contribution is 2.32. The van der Waals surface area contributed by atoms with E-state index in [1.165, 1.54) is 22.7 Å². The number of nitrogens with two attached hydrogens (primary N) is 1. The topological polar surface area (TPSA) is 202 Å². The number of fused-ring (bicyclic) bond motifs is 1. The minimum atomic E-state index is -0.683. The summed E-state index contributed by atoms with van der Waals surface area (Å²) in [4.78, 5) is 88.6. The molecule has 5 aliphatic rings. The van der Waals surface area contributed by atoms with Gasteiger partial charge in [0, 0.05) is 105 Å². The van der Waals surface area contributed by atoms with Crippen LogP contribution >= 0.6 is 11.8 Å². The Morgan fingerprint density at radius 3 is 2.34 bits per heavy atom. The molecule has 0 spiro atoms. The molecule has 0 bridgehead atoms. The van der Waals surface area contributed by atoms with E-state index in [9.17, 15) is 24.0 Å². The number of carbonyl (C=O) groups excluding carboxylic acids is 5. The summed E-state index contributed by atoms with van der Waals surface area (Å²) in [5.74, 6) is -1.31. The Morgan fingerprint density at radius 2 is 1.62 bits per heavy atom. The van der Waals surface area contributed by atoms with Crippen molar-refractivity contribution in [2.24, 2.45) is 5.73 Å². The largest absolute Gasteiger partial charge is 0.369 e. The maximum absolute atomic E-state index is 15.7. The Bertz CT molecular complexity index is 2830. The van der Waals surface area contributed by atoms with Crippen molar-refractivity contribution in [2.75, 3.05) is 72.4 Å². The first-order valence-corrected chi connectivity index (χ1v) is 25.1. The number of anilines is 4. The minimum Gasteiger partial charge on any atom is -0.369 e. The summed E-state index contributed by atoms with van der Waals surface area (Å²) in [5.41, 5.74) is 10.8. The lowest BCUT2D eigenvalue weighted by Gasteiger charge is -2.43. The van der Waals surface area contributed by atoms with Gasteiger partial charge in [-0.25, -0.2) is 19.3 Å². The molecule has 0 aliphatic carbocycles. The maximum Gasteiger partial charge on any atom is 0.270 e. The standard InChI is InChI=1S/C52H57FN12O5S/c1-52(54)15-19-64(20-16-52)45-30-57-47(31-56-45)71-39-4-2-3-36(27-39)59-48(67)34-6-10-43(41(53)26-34)63-17-13-37(14-18-63)61-21-23-62(24-22-61)38-7-9-42(55-29-38)49(68)58-28-33-5-8-40-35(25-33)32-65(51(40)70)44-11-12-46(66)60-50(44)69/h2-10,25-27,29-31,37,44H,11-24,28,32,54H2,1H3,(H,58,68)(H,59,67)(H,60,66,69). The molecule has 368 valence electrons. The van der Waals surface area contributed by atoms with Crippen LogP contribution in [0.4, 0.5) is 27.3 Å². The van der Waals surface area contributed by atoms with Crippen molar-refractivity contribution in [1.82, 2.24) is 35.4 Å². The van der Waals surface area contributed by atoms with Crippen molar-refractivity contribution in [3.63, 3.8) is 0 Å². The van der Waals surface area contributed by atoms with E-state index >= 15 is 4.39 Å². The quantitative estimate of drug-likeness (QED) is 0.119. The molecule has 5 aromatic rings. The van der Waals surface area contributed by atoms with Crippen molar-refractivity contribution in [3.8, 4) is 0 Å². The molecule has 0 radical (unpaired) electrons. The van der Waals surface area contributed by atoms with Gasteiger partial charge in [0.05, 0.1) is 30.0 Å². The van der Waals surface area contributed by atoms with Crippen LogP contribution in [0.15, 0.2) is 101 Å². The van der Waals surface area contributed by atoms with Crippen molar-refractivity contribution in [3.05, 3.63) is 125 Å². The van der Waals surface area contributed by atoms with Gasteiger partial charge in [-0.1, -0.05) is 30.0 Å². The number of hydrogen-bond acceptors (Lipinski definition) is 14. The average Bonchev–Trinajstić information content (AvgIpc) is 3.70. The Labute approximate surface area is 415 Å². The van der Waals surface area contributed by atoms with Crippen LogP contribution in [0.25, 0.3) is 0 Å². The van der Waals surface area contributed by atoms with Crippen LogP contribution in [0.5, 0.6) is 0 Å². The second-order valence-corrected chi connectivity index (χ2v) is 20.4. The smallest absolute Gasteiger partial charge is 0.270 e. The van der Waals surface area contributed by atoms with E-state index in [0.717, 1.165) is 97.5 Å². The van der Waals surface area contributed by atoms with Crippen LogP contribution in [0.3, 0.4) is 0 Å². The molecule has 71 heavy (non-hydrogen) atoms. The summed E-state index contributed by atoms with van der Waals surface area (Å²) >= 11 is 1.45. The van der Waals surface area contributed by atoms with E-state index in [2.05, 4.69) is 57.4 Å². The van der Waals surface area contributed by atoms with Crippen LogP contribution in [-0.2, 0) is 22.7 Å². The highest BCUT2D eigenvalue weighted by atomic mass is 32.2. The molecule has 19 heteroatoms. The third kappa shape index (κ3) is 10.9. The number of imide groups is 1. The van der Waals surface area contributed by atoms with Gasteiger partial charge in [-0.05, 0) is 105 Å². The molecule has 3 aromatic carbocycles. The molecule has 5 amide bonds. The fraction of sp³-hybridized carbons (Fsp3) is 0.385. The van der Waals surface area contributed by atoms with Crippen LogP contribution in [0.2, 0.25) is 0 Å². The monoisotopic (exact) mass is 980 g/mol. The summed E-state index contributed by atoms with van der Waals surface area (Å²) < 4.78 is 15.7. The molecule has 1 unspecified atom stereocenters. The van der Waals surface area contributed by atoms with Gasteiger partial charge in [-0.3, -0.25) is 34.2 Å². The second kappa shape index (κ2) is 20.4. The van der Waals surface area contributed by atoms with Gasteiger partial charge in [-0.15, -0.1) is 0 Å². The number of rotatable bonds is 12. The van der Waals surface area contributed by atoms with Crippen LogP contribution in [0, 0.1) is 5.82 Å². The number of halogens is 1. The van der Waals surface area contributed by atoms with Crippen molar-refractivity contribution in [2.45, 2.75) is 86.1 Å². The molecule has 5 aliphatic heterocycles. The molecule has 17 nitrogen and oxygen atoms in total. The molecule has 7 heterocycles. The average molecular weight is 981 g/mol. The Hall–Kier alpha value is -6.96. The second-order valence-electron chi connectivity index (χ2n) is 19.3. The molecule has 4 fully saturated rings. The normalized spacial score (nSPS) is 19.6. The Morgan fingerprint density at radius 1 is 0.817 bits per heavy atom. The van der Waals surface area contributed by atoms with Crippen LogP contribution in [-0.4, -0.2) is 124 Å². The lowest BCUT2D eigenvalue weighted by molar-refractivity contribution is -0.136. The molecular formula is C52H57FN12O5S. The number of benzene rings is 3. The van der Waals surface area contributed by atoms with Crippen LogP contribution < -0.4 is 36.4 Å². The first-order valence-electron chi connectivity index (χ1n) is 24.3. The van der Waals surface area contributed by atoms with E-state index in [-0.39, 0.29) is 54.2 Å². The summed E-state index contributed by atoms with van der Waals surface area (Å²) in [7, 11) is 0. The number of nitrogens with zero attached hydrogens (tertiary/aromatic N) is 8. The van der Waals surface area contributed by atoms with E-state index in [1.807, 2.05) is 30.3 Å². The lowest BCUT2D eigenvalue weighted by atomic mass is 9.91. The summed E-state index contributed by atoms with van der Waals surface area (Å²) in [5, 5.41) is 8.90. The van der Waals surface area contributed by atoms with Crippen molar-refractivity contribution < 1.29 is 28.4 Å². The SMILES string of the molecule is CC1(N)CCN(c2cnc(Sc3cccc(NC(=O)c4ccc(N5CCC(N6CCN(c7ccc(C(=O)NCc8ccc9c(c8)CN(C8CCC(=O)NC8=O)C9=O)nc7)CC6)CC5)c(F)c4)c3)cn2)CC1. The first kappa shape index (κ1) is 47.7. The van der Waals surface area contributed by atoms with Gasteiger partial charge < -0.3 is 36.0 Å². The van der Waals surface area contributed by atoms with E-state index in [4.69, 9.17) is 5.73 Å². The van der Waals surface area contributed by atoms with Crippen LogP contribution in [0.1, 0.15) is 87.8 Å². The van der Waals surface area contributed by atoms with Crippen molar-refractivity contribution in [1.29, 1.82) is 0 Å². The molecule has 5 N–H and O–H groups in total. The van der Waals surface area contributed by atoms with E-state index in [1.54, 1.807) is 55.0 Å². The maximum atomic E-state index is 15.7. The lowest BCUT2D eigenvalue weighted by Crippen LogP contribution is -2.53. The summed E-state index contributed by atoms with van der Waals surface area (Å²) in [6.07, 6.45) is 9.38. The van der Waals surface area contributed by atoms with Gasteiger partial charge in [0.2, 0.25) is 11.8 Å². The third-order valence-electron chi connectivity index (χ3n) is 14.4. The van der Waals surface area contributed by atoms with Gasteiger partial charge >= 0.3 is 0 Å². The highest BCUT2D eigenvalue weighted by molar-refractivity contribution is 7.99. The Kier molecular flexibility index (Phi) is 13.7. The fourth-order valence-corrected chi connectivity index (χ4v) is 11.0. The number of aromatic nitrogens is 3. The summed E-state index contributed by atoms with van der Waals surface area (Å²) in [6, 6.07) is 20.9. The van der Waals surface area contributed by atoms with Crippen molar-refractivity contribution >= 4 is 64.2 Å². The van der Waals surface area contributed by atoms with Gasteiger partial charge in [0.25, 0.3) is 17.7 Å². The van der Waals surface area contributed by atoms with Gasteiger partial charge in [0.15, 0.2) is 0 Å². The zero-order valence-electron chi connectivity index (χ0n) is 39.6. The number of pyridine rings is 1. The number of hydrogen-bond donors (Lipinski definition) is 4. The van der Waals surface area contributed by atoms with E-state index < -0.39 is 17.8 Å². The van der Waals surface area contributed by atoms with Gasteiger partial charge in [0.1, 0.15) is 28.4 Å². The highest BCUT2D eigenvalue weighted by Gasteiger charge is 2.39. The van der Waals surface area contributed by atoms with Gasteiger partial charge in [-0.2, -0.15) is 0 Å².